The second-order valence-electron chi connectivity index (χ2n) is 11.6. The molecule has 6 rings (SSSR count). The molecule has 4 bridgehead atoms. The van der Waals surface area contributed by atoms with Gasteiger partial charge in [-0.3, -0.25) is 19.2 Å². The van der Waals surface area contributed by atoms with Crippen molar-refractivity contribution >= 4 is 29.3 Å². The van der Waals surface area contributed by atoms with E-state index in [1.54, 1.807) is 48.3 Å². The monoisotopic (exact) mass is 646 g/mol. The largest absolute Gasteiger partial charge is 0.493 e. The molecule has 0 radical (unpaired) electrons. The summed E-state index contributed by atoms with van der Waals surface area (Å²) in [5.74, 6) is -0.217. The Kier molecular flexibility index (Phi) is 9.14. The molecule has 0 aliphatic carbocycles. The molecule has 0 saturated carbocycles. The minimum absolute atomic E-state index is 0.0743. The SMILES string of the molecule is COc1ccc2cc1OCC(=O)N[C@@H]1CN(C(=O)c3ccc4c(c3)N(C)C(=O)CO4)CC[C@H]1Oc1cc(F)cc(c1)CNC(=O)CC2. The highest BCUT2D eigenvalue weighted by Crippen LogP contribution is 2.33. The second kappa shape index (κ2) is 13.6. The van der Waals surface area contributed by atoms with Crippen LogP contribution < -0.4 is 34.5 Å². The summed E-state index contributed by atoms with van der Waals surface area (Å²) in [4.78, 5) is 54.8. The molecule has 1 saturated heterocycles. The summed E-state index contributed by atoms with van der Waals surface area (Å²) in [6, 6.07) is 13.7. The van der Waals surface area contributed by atoms with Gasteiger partial charge >= 0.3 is 0 Å². The van der Waals surface area contributed by atoms with Crippen molar-refractivity contribution in [3.05, 3.63) is 77.1 Å². The summed E-state index contributed by atoms with van der Waals surface area (Å²) >= 11 is 0. The molecular formula is C34H35FN4O8. The minimum atomic E-state index is -0.687. The number of carbonyl (C=O) groups is 4. The molecule has 47 heavy (non-hydrogen) atoms. The number of halogens is 1. The second-order valence-corrected chi connectivity index (χ2v) is 11.6. The zero-order valence-corrected chi connectivity index (χ0v) is 26.0. The average Bonchev–Trinajstić information content (AvgIpc) is 3.07. The first-order chi connectivity index (χ1) is 22.7. The van der Waals surface area contributed by atoms with Gasteiger partial charge in [0.2, 0.25) is 5.91 Å². The number of nitrogens with one attached hydrogen (secondary N) is 2. The first-order valence-electron chi connectivity index (χ1n) is 15.3. The Hall–Kier alpha value is -5.33. The van der Waals surface area contributed by atoms with Crippen LogP contribution in [-0.4, -0.2) is 81.1 Å². The van der Waals surface area contributed by atoms with E-state index in [-0.39, 0.29) is 62.7 Å². The number of piperidine rings is 1. The molecule has 2 atom stereocenters. The number of rotatable bonds is 2. The van der Waals surface area contributed by atoms with Gasteiger partial charge in [0, 0.05) is 51.2 Å². The van der Waals surface area contributed by atoms with Crippen LogP contribution in [0.5, 0.6) is 23.0 Å². The number of nitrogens with zero attached hydrogens (tertiary/aromatic N) is 2. The number of hydrogen-bond donors (Lipinski definition) is 2. The third-order valence-electron chi connectivity index (χ3n) is 8.41. The molecule has 3 aromatic rings. The quantitative estimate of drug-likeness (QED) is 0.434. The molecule has 1 fully saturated rings. The lowest BCUT2D eigenvalue weighted by molar-refractivity contribution is -0.125. The summed E-state index contributed by atoms with van der Waals surface area (Å²) in [7, 11) is 3.12. The Bertz CT molecular complexity index is 1720. The number of anilines is 1. The van der Waals surface area contributed by atoms with Crippen molar-refractivity contribution in [1.29, 1.82) is 0 Å². The number of amides is 4. The Morgan fingerprint density at radius 1 is 0.936 bits per heavy atom. The number of fused-ring (bicyclic) bond motifs is 6. The number of ether oxygens (including phenoxy) is 4. The van der Waals surface area contributed by atoms with Gasteiger partial charge in [0.05, 0.1) is 18.8 Å². The lowest BCUT2D eigenvalue weighted by atomic mass is 10.00. The Morgan fingerprint density at radius 3 is 2.60 bits per heavy atom. The number of likely N-dealkylation sites (N-methyl/N-ethyl adjacent to an activating group) is 1. The normalized spacial score (nSPS) is 20.1. The van der Waals surface area contributed by atoms with Crippen LogP contribution in [0.1, 0.15) is 34.3 Å². The van der Waals surface area contributed by atoms with Crippen molar-refractivity contribution in [3.63, 3.8) is 0 Å². The van der Waals surface area contributed by atoms with E-state index < -0.39 is 23.9 Å². The number of likely N-dealkylation sites (tertiary alicyclic amines) is 1. The summed E-state index contributed by atoms with van der Waals surface area (Å²) in [6.45, 7) is 0.0526. The van der Waals surface area contributed by atoms with Gasteiger partial charge in [0.1, 0.15) is 23.4 Å². The van der Waals surface area contributed by atoms with Crippen LogP contribution >= 0.6 is 0 Å². The molecule has 13 heteroatoms. The van der Waals surface area contributed by atoms with Crippen LogP contribution in [0.4, 0.5) is 10.1 Å². The van der Waals surface area contributed by atoms with Crippen molar-refractivity contribution in [1.82, 2.24) is 15.5 Å². The van der Waals surface area contributed by atoms with E-state index >= 15 is 0 Å². The van der Waals surface area contributed by atoms with Gasteiger partial charge in [0.15, 0.2) is 24.7 Å². The average molecular weight is 647 g/mol. The van der Waals surface area contributed by atoms with Gasteiger partial charge in [-0.2, -0.15) is 0 Å². The van der Waals surface area contributed by atoms with Crippen LogP contribution in [-0.2, 0) is 27.3 Å². The summed E-state index contributed by atoms with van der Waals surface area (Å²) in [5, 5.41) is 5.77. The van der Waals surface area contributed by atoms with Crippen LogP contribution in [0.25, 0.3) is 0 Å². The molecular weight excluding hydrogens is 611 g/mol. The maximum atomic E-state index is 14.7. The molecule has 12 nitrogen and oxygen atoms in total. The Labute approximate surface area is 270 Å². The smallest absolute Gasteiger partial charge is 0.264 e. The molecule has 3 heterocycles. The molecule has 4 amide bonds. The zero-order valence-electron chi connectivity index (χ0n) is 26.0. The van der Waals surface area contributed by atoms with E-state index in [1.807, 2.05) is 6.07 Å². The lowest BCUT2D eigenvalue weighted by Crippen LogP contribution is -2.58. The zero-order chi connectivity index (χ0) is 33.1. The van der Waals surface area contributed by atoms with Gasteiger partial charge in [-0.25, -0.2) is 4.39 Å². The van der Waals surface area contributed by atoms with Gasteiger partial charge < -0.3 is 39.4 Å². The number of carbonyl (C=O) groups excluding carboxylic acids is 4. The topological polar surface area (TPSA) is 136 Å². The number of aryl methyl sites for hydroxylation is 1. The van der Waals surface area contributed by atoms with E-state index in [0.29, 0.717) is 46.9 Å². The molecule has 0 unspecified atom stereocenters. The fourth-order valence-corrected chi connectivity index (χ4v) is 5.88. The maximum Gasteiger partial charge on any atom is 0.264 e. The van der Waals surface area contributed by atoms with E-state index in [9.17, 15) is 23.6 Å². The van der Waals surface area contributed by atoms with Crippen molar-refractivity contribution in [2.45, 2.75) is 38.0 Å². The molecule has 0 aromatic heterocycles. The van der Waals surface area contributed by atoms with Gasteiger partial charge in [-0.05, 0) is 60.0 Å². The van der Waals surface area contributed by atoms with Crippen molar-refractivity contribution in [2.75, 3.05) is 45.4 Å². The first-order valence-corrected chi connectivity index (χ1v) is 15.3. The van der Waals surface area contributed by atoms with Crippen LogP contribution in [0.2, 0.25) is 0 Å². The molecule has 246 valence electrons. The molecule has 3 aromatic carbocycles. The highest BCUT2D eigenvalue weighted by Gasteiger charge is 2.35. The molecule has 3 aliphatic rings. The van der Waals surface area contributed by atoms with Crippen molar-refractivity contribution in [3.8, 4) is 23.0 Å². The van der Waals surface area contributed by atoms with E-state index in [1.165, 1.54) is 24.1 Å². The van der Waals surface area contributed by atoms with E-state index in [4.69, 9.17) is 18.9 Å². The lowest BCUT2D eigenvalue weighted by Gasteiger charge is -2.39. The van der Waals surface area contributed by atoms with Gasteiger partial charge in [-0.1, -0.05) is 6.07 Å². The highest BCUT2D eigenvalue weighted by atomic mass is 19.1. The Morgan fingerprint density at radius 2 is 1.77 bits per heavy atom. The predicted molar refractivity (Wildman–Crippen MR) is 167 cm³/mol. The number of benzene rings is 3. The van der Waals surface area contributed by atoms with Crippen LogP contribution in [0.3, 0.4) is 0 Å². The van der Waals surface area contributed by atoms with Gasteiger partial charge in [0.25, 0.3) is 17.7 Å². The first kappa shape index (κ1) is 31.6. The molecule has 3 aliphatic heterocycles. The fourth-order valence-electron chi connectivity index (χ4n) is 5.88. The number of hydrogen-bond acceptors (Lipinski definition) is 8. The maximum absolute atomic E-state index is 14.7. The van der Waals surface area contributed by atoms with E-state index in [2.05, 4.69) is 10.6 Å². The minimum Gasteiger partial charge on any atom is -0.493 e. The fraction of sp³-hybridized carbons (Fsp3) is 0.353. The summed E-state index contributed by atoms with van der Waals surface area (Å²) in [5.41, 5.74) is 2.17. The standard InChI is InChI=1S/C34H35FN4O8/c1-38-26-14-22(5-7-28(26)46-19-33(38)42)34(43)39-10-9-27-25(17-39)37-32(41)18-45-30-13-20(3-6-29(30)44-2)4-8-31(40)36-16-21-11-23(35)15-24(12-21)47-27/h3,5-7,11-15,25,27H,4,8-10,16-19H2,1-2H3,(H,36,40)(H,37,41)/t25-,27-/m1/s1. The third kappa shape index (κ3) is 7.24. The summed E-state index contributed by atoms with van der Waals surface area (Å²) in [6.07, 6.45) is 0.304. The molecule has 2 N–H and O–H groups in total. The number of methoxy groups -OCH3 is 1. The van der Waals surface area contributed by atoms with Crippen LogP contribution in [0, 0.1) is 5.82 Å². The highest BCUT2D eigenvalue weighted by molar-refractivity contribution is 6.01. The predicted octanol–water partition coefficient (Wildman–Crippen LogP) is 2.61. The van der Waals surface area contributed by atoms with Gasteiger partial charge in [-0.15, -0.1) is 0 Å². The van der Waals surface area contributed by atoms with Crippen molar-refractivity contribution < 1.29 is 42.5 Å². The summed E-state index contributed by atoms with van der Waals surface area (Å²) < 4.78 is 37.6. The van der Waals surface area contributed by atoms with Crippen molar-refractivity contribution in [2.24, 2.45) is 0 Å². The van der Waals surface area contributed by atoms with Crippen LogP contribution in [0.15, 0.2) is 54.6 Å². The molecule has 0 spiro atoms. The Balaban J connectivity index is 1.26. The van der Waals surface area contributed by atoms with E-state index in [0.717, 1.165) is 5.56 Å². The third-order valence-corrected chi connectivity index (χ3v) is 8.41.